The van der Waals surface area contributed by atoms with Crippen LogP contribution >= 0.6 is 15.9 Å². The van der Waals surface area contributed by atoms with Gasteiger partial charge in [-0.1, -0.05) is 15.9 Å². The Morgan fingerprint density at radius 2 is 2.20 bits per heavy atom. The fraction of sp³-hybridized carbons (Fsp3) is 0.600. The molecule has 1 fully saturated rings. The van der Waals surface area contributed by atoms with Crippen LogP contribution in [-0.4, -0.2) is 44.1 Å². The topological polar surface area (TPSA) is 50.7 Å². The van der Waals surface area contributed by atoms with E-state index in [9.17, 15) is 5.11 Å². The molecule has 2 unspecified atom stereocenters. The lowest BCUT2D eigenvalue weighted by Crippen LogP contribution is -2.36. The number of aliphatic hydroxyl groups is 1. The van der Waals surface area contributed by atoms with Gasteiger partial charge >= 0.3 is 0 Å². The van der Waals surface area contributed by atoms with E-state index in [0.717, 1.165) is 36.4 Å². The Morgan fingerprint density at radius 3 is 2.90 bits per heavy atom. The maximum atomic E-state index is 9.87. The zero-order chi connectivity index (χ0) is 14.2. The summed E-state index contributed by atoms with van der Waals surface area (Å²) in [6.07, 6.45) is 1.85. The molecule has 2 N–H and O–H groups in total. The van der Waals surface area contributed by atoms with Crippen molar-refractivity contribution in [2.75, 3.05) is 32.9 Å². The van der Waals surface area contributed by atoms with Gasteiger partial charge in [0.25, 0.3) is 0 Å². The molecule has 0 bridgehead atoms. The van der Waals surface area contributed by atoms with E-state index in [1.54, 1.807) is 0 Å². The number of hydrogen-bond donors (Lipinski definition) is 2. The predicted molar refractivity (Wildman–Crippen MR) is 82.1 cm³/mol. The van der Waals surface area contributed by atoms with Crippen molar-refractivity contribution < 1.29 is 14.6 Å². The highest BCUT2D eigenvalue weighted by atomic mass is 79.9. The number of halogens is 1. The van der Waals surface area contributed by atoms with Crippen LogP contribution in [0.15, 0.2) is 28.7 Å². The van der Waals surface area contributed by atoms with Gasteiger partial charge in [-0.25, -0.2) is 0 Å². The lowest BCUT2D eigenvalue weighted by molar-refractivity contribution is 0.0516. The molecular formula is C15H22BrNO3. The van der Waals surface area contributed by atoms with Crippen molar-refractivity contribution in [3.8, 4) is 5.75 Å². The summed E-state index contributed by atoms with van der Waals surface area (Å²) in [4.78, 5) is 0. The smallest absolute Gasteiger partial charge is 0.119 e. The van der Waals surface area contributed by atoms with E-state index in [-0.39, 0.29) is 0 Å². The third-order valence-corrected chi connectivity index (χ3v) is 3.85. The molecule has 112 valence electrons. The van der Waals surface area contributed by atoms with E-state index in [1.165, 1.54) is 6.42 Å². The van der Waals surface area contributed by atoms with E-state index < -0.39 is 6.10 Å². The molecule has 1 heterocycles. The van der Waals surface area contributed by atoms with Crippen molar-refractivity contribution in [2.24, 2.45) is 5.92 Å². The standard InChI is InChI=1S/C15H22BrNO3/c16-13-3-5-15(6-4-13)20-11-14(18)9-17-8-12-2-1-7-19-10-12/h3-6,12,14,17-18H,1-2,7-11H2. The van der Waals surface area contributed by atoms with E-state index in [2.05, 4.69) is 21.2 Å². The zero-order valence-corrected chi connectivity index (χ0v) is 13.1. The summed E-state index contributed by atoms with van der Waals surface area (Å²) in [5, 5.41) is 13.1. The number of rotatable bonds is 7. The summed E-state index contributed by atoms with van der Waals surface area (Å²) in [6.45, 7) is 3.47. The van der Waals surface area contributed by atoms with Crippen molar-refractivity contribution in [1.82, 2.24) is 5.32 Å². The lowest BCUT2D eigenvalue weighted by atomic mass is 10.0. The molecule has 1 aromatic carbocycles. The number of aliphatic hydroxyl groups excluding tert-OH is 1. The monoisotopic (exact) mass is 343 g/mol. The van der Waals surface area contributed by atoms with Crippen LogP contribution in [0.3, 0.4) is 0 Å². The van der Waals surface area contributed by atoms with Gasteiger partial charge in [0.15, 0.2) is 0 Å². The molecule has 1 aliphatic heterocycles. The molecule has 2 rings (SSSR count). The Labute approximate surface area is 128 Å². The van der Waals surface area contributed by atoms with Gasteiger partial charge in [0.1, 0.15) is 18.5 Å². The average Bonchev–Trinajstić information content (AvgIpc) is 2.48. The van der Waals surface area contributed by atoms with Crippen LogP contribution in [0.4, 0.5) is 0 Å². The van der Waals surface area contributed by atoms with Gasteiger partial charge in [-0.05, 0) is 43.0 Å². The van der Waals surface area contributed by atoms with Gasteiger partial charge in [-0.15, -0.1) is 0 Å². The van der Waals surface area contributed by atoms with Crippen LogP contribution in [0.1, 0.15) is 12.8 Å². The summed E-state index contributed by atoms with van der Waals surface area (Å²) >= 11 is 3.37. The molecule has 1 aliphatic rings. The first kappa shape index (κ1) is 15.8. The second-order valence-corrected chi connectivity index (χ2v) is 6.08. The van der Waals surface area contributed by atoms with Crippen LogP contribution in [0.2, 0.25) is 0 Å². The summed E-state index contributed by atoms with van der Waals surface area (Å²) in [6, 6.07) is 7.60. The summed E-state index contributed by atoms with van der Waals surface area (Å²) < 4.78 is 12.0. The quantitative estimate of drug-likeness (QED) is 0.796. The minimum atomic E-state index is -0.497. The molecule has 20 heavy (non-hydrogen) atoms. The third kappa shape index (κ3) is 5.79. The van der Waals surface area contributed by atoms with Crippen molar-refractivity contribution in [2.45, 2.75) is 18.9 Å². The average molecular weight is 344 g/mol. The van der Waals surface area contributed by atoms with Crippen LogP contribution in [0, 0.1) is 5.92 Å². The zero-order valence-electron chi connectivity index (χ0n) is 11.6. The van der Waals surface area contributed by atoms with Gasteiger partial charge in [-0.3, -0.25) is 0 Å². The van der Waals surface area contributed by atoms with Crippen LogP contribution < -0.4 is 10.1 Å². The number of ether oxygens (including phenoxy) is 2. The molecule has 1 saturated heterocycles. The second-order valence-electron chi connectivity index (χ2n) is 5.16. The van der Waals surface area contributed by atoms with E-state index in [1.807, 2.05) is 24.3 Å². The summed E-state index contributed by atoms with van der Waals surface area (Å²) in [5.41, 5.74) is 0. The highest BCUT2D eigenvalue weighted by Gasteiger charge is 2.14. The molecule has 0 spiro atoms. The van der Waals surface area contributed by atoms with E-state index in [4.69, 9.17) is 9.47 Å². The maximum Gasteiger partial charge on any atom is 0.119 e. The fourth-order valence-corrected chi connectivity index (χ4v) is 2.47. The van der Waals surface area contributed by atoms with Crippen molar-refractivity contribution in [3.05, 3.63) is 28.7 Å². The molecule has 2 atom stereocenters. The van der Waals surface area contributed by atoms with E-state index in [0.29, 0.717) is 19.1 Å². The Morgan fingerprint density at radius 1 is 1.40 bits per heavy atom. The number of nitrogens with one attached hydrogen (secondary N) is 1. The van der Waals surface area contributed by atoms with Crippen LogP contribution in [0.5, 0.6) is 5.75 Å². The lowest BCUT2D eigenvalue weighted by Gasteiger charge is -2.23. The molecule has 0 aromatic heterocycles. The Balaban J connectivity index is 1.57. The summed E-state index contributed by atoms with van der Waals surface area (Å²) in [5.74, 6) is 1.34. The molecule has 0 radical (unpaired) electrons. The molecule has 5 heteroatoms. The Bertz CT molecular complexity index is 379. The minimum Gasteiger partial charge on any atom is -0.491 e. The first-order chi connectivity index (χ1) is 9.74. The third-order valence-electron chi connectivity index (χ3n) is 3.32. The molecule has 0 aliphatic carbocycles. The van der Waals surface area contributed by atoms with Crippen LogP contribution in [-0.2, 0) is 4.74 Å². The van der Waals surface area contributed by atoms with Crippen molar-refractivity contribution in [3.63, 3.8) is 0 Å². The highest BCUT2D eigenvalue weighted by Crippen LogP contribution is 2.16. The van der Waals surface area contributed by atoms with E-state index >= 15 is 0 Å². The van der Waals surface area contributed by atoms with Crippen molar-refractivity contribution in [1.29, 1.82) is 0 Å². The maximum absolute atomic E-state index is 9.87. The Kier molecular flexibility index (Phi) is 6.79. The fourth-order valence-electron chi connectivity index (χ4n) is 2.20. The molecule has 1 aromatic rings. The Hall–Kier alpha value is -0.620. The first-order valence-corrected chi connectivity index (χ1v) is 7.88. The summed E-state index contributed by atoms with van der Waals surface area (Å²) in [7, 11) is 0. The molecule has 0 saturated carbocycles. The largest absolute Gasteiger partial charge is 0.491 e. The molecule has 4 nitrogen and oxygen atoms in total. The van der Waals surface area contributed by atoms with Gasteiger partial charge < -0.3 is 19.9 Å². The van der Waals surface area contributed by atoms with Gasteiger partial charge in [0.05, 0.1) is 6.61 Å². The first-order valence-electron chi connectivity index (χ1n) is 7.09. The second kappa shape index (κ2) is 8.62. The molecular weight excluding hydrogens is 322 g/mol. The molecule has 0 amide bonds. The van der Waals surface area contributed by atoms with Gasteiger partial charge in [0, 0.05) is 24.2 Å². The van der Waals surface area contributed by atoms with Gasteiger partial charge in [-0.2, -0.15) is 0 Å². The number of hydrogen-bond acceptors (Lipinski definition) is 4. The highest BCUT2D eigenvalue weighted by molar-refractivity contribution is 9.10. The number of benzene rings is 1. The van der Waals surface area contributed by atoms with Crippen LogP contribution in [0.25, 0.3) is 0 Å². The van der Waals surface area contributed by atoms with Gasteiger partial charge in [0.2, 0.25) is 0 Å². The minimum absolute atomic E-state index is 0.301. The van der Waals surface area contributed by atoms with Crippen molar-refractivity contribution >= 4 is 15.9 Å². The SMILES string of the molecule is OC(CNCC1CCCOC1)COc1ccc(Br)cc1. The normalized spacial score (nSPS) is 20.6. The predicted octanol–water partition coefficient (Wildman–Crippen LogP) is 2.21.